The first-order valence-corrected chi connectivity index (χ1v) is 28.5. The Morgan fingerprint density at radius 2 is 0.895 bits per heavy atom. The van der Waals surface area contributed by atoms with Gasteiger partial charge in [0.05, 0.1) is 20.4 Å². The topological polar surface area (TPSA) is 81.2 Å². The maximum absolute atomic E-state index is 6.92. The number of para-hydroxylation sites is 2. The molecule has 0 N–H and O–H groups in total. The van der Waals surface area contributed by atoms with Gasteiger partial charge in [0.25, 0.3) is 0 Å². The number of hydrogen-bond acceptors (Lipinski definition) is 13. The second kappa shape index (κ2) is 19.4. The Labute approximate surface area is 360 Å². The molecule has 0 radical (unpaired) electrons. The van der Waals surface area contributed by atoms with Crippen LogP contribution in [0.1, 0.15) is 79.3 Å². The lowest BCUT2D eigenvalue weighted by atomic mass is 9.86. The molecule has 4 atom stereocenters. The minimum absolute atomic E-state index is 0.0412. The maximum atomic E-state index is 6.92. The van der Waals surface area contributed by atoms with E-state index in [2.05, 4.69) is 88.4 Å². The van der Waals surface area contributed by atoms with Crippen molar-refractivity contribution in [2.45, 2.75) is 79.3 Å². The molecule has 0 saturated heterocycles. The molecule has 2 aliphatic rings. The minimum Gasteiger partial charge on any atom is -0.373 e. The Hall–Kier alpha value is -1.58. The molecule has 2 heterocycles. The summed E-state index contributed by atoms with van der Waals surface area (Å²) < 4.78 is 43.8. The van der Waals surface area contributed by atoms with Crippen LogP contribution in [0.3, 0.4) is 0 Å². The van der Waals surface area contributed by atoms with Crippen molar-refractivity contribution >= 4 is 92.1 Å². The molecule has 57 heavy (non-hydrogen) atoms. The fraction of sp³-hybridized carbons (Fsp3) is 0.476. The summed E-state index contributed by atoms with van der Waals surface area (Å²) in [5.41, 5.74) is 4.21. The molecule has 2 aromatic heterocycles. The molecule has 308 valence electrons. The van der Waals surface area contributed by atoms with Gasteiger partial charge in [0, 0.05) is 49.5 Å². The molecule has 8 nitrogen and oxygen atoms in total. The maximum Gasteiger partial charge on any atom is 0.520 e. The van der Waals surface area contributed by atoms with Gasteiger partial charge in [0.1, 0.15) is 20.1 Å². The average Bonchev–Trinajstić information content (AvgIpc) is 3.83. The van der Waals surface area contributed by atoms with Gasteiger partial charge in [-0.05, 0) is 134 Å². The zero-order valence-electron chi connectivity index (χ0n) is 34.7. The van der Waals surface area contributed by atoms with Crippen molar-refractivity contribution in [2.75, 3.05) is 39.6 Å². The number of nitrogens with zero attached hydrogens (tertiary/aromatic N) is 2. The first-order chi connectivity index (χ1) is 27.6. The highest BCUT2D eigenvalue weighted by atomic mass is 33.5. The van der Waals surface area contributed by atoms with E-state index in [9.17, 15) is 0 Å². The van der Waals surface area contributed by atoms with Gasteiger partial charge in [-0.2, -0.15) is 0 Å². The molecule has 2 aromatic carbocycles. The highest BCUT2D eigenvalue weighted by molar-refractivity contribution is 9.10. The lowest BCUT2D eigenvalue weighted by Crippen LogP contribution is -2.67. The molecule has 6 rings (SSSR count). The lowest BCUT2D eigenvalue weighted by Gasteiger charge is -2.50. The highest BCUT2D eigenvalue weighted by Crippen LogP contribution is 2.64. The summed E-state index contributed by atoms with van der Waals surface area (Å²) in [4.78, 5) is 13.1. The number of rotatable bonds is 20. The second-order valence-corrected chi connectivity index (χ2v) is 25.4. The molecule has 0 fully saturated rings. The standard InChI is InChI=1S/C42H56N2O6S5Si2/c1-11-45-56(46-12-2,47-13-3)41(39-43-33-21-17-19-23-35(33)51-39)31(9)27-25-29(7)37(41)53-55-54-38-30(8)26-28-32(10)42(38,57(48-14-4,49-15-5)50-16-6)40-44-34-22-18-20-24-36(34)52-40/h17-28,31-32H,11-16H2,1-10H3. The van der Waals surface area contributed by atoms with Gasteiger partial charge in [0.2, 0.25) is 0 Å². The molecular formula is C42H56N2O6S5Si2. The normalized spacial score (nSPS) is 23.1. The molecule has 0 bridgehead atoms. The van der Waals surface area contributed by atoms with E-state index >= 15 is 0 Å². The smallest absolute Gasteiger partial charge is 0.373 e. The molecule has 0 aliphatic heterocycles. The fourth-order valence-corrected chi connectivity index (χ4v) is 25.3. The van der Waals surface area contributed by atoms with Crippen molar-refractivity contribution in [3.05, 3.63) is 104 Å². The van der Waals surface area contributed by atoms with Crippen molar-refractivity contribution in [1.82, 2.24) is 9.97 Å². The van der Waals surface area contributed by atoms with Gasteiger partial charge in [-0.25, -0.2) is 9.97 Å². The number of aromatic nitrogens is 2. The van der Waals surface area contributed by atoms with Gasteiger partial charge in [-0.15, -0.1) is 22.7 Å². The summed E-state index contributed by atoms with van der Waals surface area (Å²) >= 11 is 3.43. The lowest BCUT2D eigenvalue weighted by molar-refractivity contribution is 0.0436. The van der Waals surface area contributed by atoms with Crippen LogP contribution in [0.5, 0.6) is 0 Å². The van der Waals surface area contributed by atoms with Crippen LogP contribution in [0.4, 0.5) is 0 Å². The number of thiazole rings is 2. The van der Waals surface area contributed by atoms with Crippen molar-refractivity contribution in [1.29, 1.82) is 0 Å². The summed E-state index contributed by atoms with van der Waals surface area (Å²) in [7, 11) is -1.90. The van der Waals surface area contributed by atoms with E-state index in [0.29, 0.717) is 39.6 Å². The van der Waals surface area contributed by atoms with Crippen molar-refractivity contribution in [3.63, 3.8) is 0 Å². The Bertz CT molecular complexity index is 1890. The number of benzene rings is 2. The number of hydrogen-bond donors (Lipinski definition) is 0. The summed E-state index contributed by atoms with van der Waals surface area (Å²) in [6.45, 7) is 23.8. The molecule has 0 spiro atoms. The third kappa shape index (κ3) is 7.81. The second-order valence-electron chi connectivity index (χ2n) is 13.9. The first kappa shape index (κ1) is 45.0. The van der Waals surface area contributed by atoms with Crippen LogP contribution in [-0.2, 0) is 36.6 Å². The quantitative estimate of drug-likeness (QED) is 0.0628. The Morgan fingerprint density at radius 3 is 1.21 bits per heavy atom. The molecular weight excluding hydrogens is 845 g/mol. The third-order valence-electron chi connectivity index (χ3n) is 10.5. The van der Waals surface area contributed by atoms with E-state index in [1.54, 1.807) is 54.1 Å². The molecule has 4 unspecified atom stereocenters. The molecule has 0 amide bonds. The minimum atomic E-state index is -3.58. The van der Waals surface area contributed by atoms with E-state index in [-0.39, 0.29) is 11.8 Å². The molecule has 0 saturated carbocycles. The van der Waals surface area contributed by atoms with Crippen LogP contribution in [0.15, 0.2) is 93.8 Å². The first-order valence-electron chi connectivity index (χ1n) is 19.9. The van der Waals surface area contributed by atoms with Crippen LogP contribution in [0.25, 0.3) is 20.4 Å². The Morgan fingerprint density at radius 1 is 0.561 bits per heavy atom. The van der Waals surface area contributed by atoms with E-state index in [4.69, 9.17) is 36.5 Å². The van der Waals surface area contributed by atoms with Crippen LogP contribution in [0.2, 0.25) is 0 Å². The zero-order valence-corrected chi connectivity index (χ0v) is 40.8. The van der Waals surface area contributed by atoms with Gasteiger partial charge in [0.15, 0.2) is 0 Å². The van der Waals surface area contributed by atoms with E-state index < -0.39 is 27.7 Å². The van der Waals surface area contributed by atoms with Crippen LogP contribution < -0.4 is 0 Å². The summed E-state index contributed by atoms with van der Waals surface area (Å²) in [5.74, 6) is -0.0824. The predicted molar refractivity (Wildman–Crippen MR) is 249 cm³/mol. The monoisotopic (exact) mass is 900 g/mol. The van der Waals surface area contributed by atoms with Gasteiger partial charge in [-0.1, -0.05) is 62.4 Å². The van der Waals surface area contributed by atoms with Gasteiger partial charge < -0.3 is 26.6 Å². The van der Waals surface area contributed by atoms with Crippen LogP contribution in [0, 0.1) is 11.8 Å². The summed E-state index contributed by atoms with van der Waals surface area (Å²) in [6, 6.07) is 16.7. The average molecular weight is 901 g/mol. The van der Waals surface area contributed by atoms with E-state index in [1.807, 2.05) is 53.7 Å². The third-order valence-corrected chi connectivity index (χ3v) is 25.8. The van der Waals surface area contributed by atoms with Crippen LogP contribution in [-0.4, -0.2) is 67.2 Å². The summed E-state index contributed by atoms with van der Waals surface area (Å²) in [6.07, 6.45) is 9.05. The number of allylic oxidation sites excluding steroid dienone is 8. The van der Waals surface area contributed by atoms with Crippen LogP contribution >= 0.6 is 54.1 Å². The van der Waals surface area contributed by atoms with E-state index in [0.717, 1.165) is 51.4 Å². The molecule has 15 heteroatoms. The van der Waals surface area contributed by atoms with Gasteiger partial charge >= 0.3 is 17.6 Å². The summed E-state index contributed by atoms with van der Waals surface area (Å²) in [5, 5.41) is 0.311. The fourth-order valence-electron chi connectivity index (χ4n) is 8.24. The van der Waals surface area contributed by atoms with E-state index in [1.165, 1.54) is 0 Å². The Kier molecular flexibility index (Phi) is 15.3. The highest BCUT2D eigenvalue weighted by Gasteiger charge is 2.70. The van der Waals surface area contributed by atoms with Gasteiger partial charge in [-0.3, -0.25) is 0 Å². The Balaban J connectivity index is 1.54. The zero-order chi connectivity index (χ0) is 40.8. The van der Waals surface area contributed by atoms with Crippen molar-refractivity contribution in [2.24, 2.45) is 11.8 Å². The largest absolute Gasteiger partial charge is 0.520 e. The molecule has 4 aromatic rings. The van der Waals surface area contributed by atoms with Crippen molar-refractivity contribution < 1.29 is 26.6 Å². The SMILES string of the molecule is CCO[Si](OCC)(OCC)C1(c2nc3ccccc3s2)C(SSSC2=C(C)C=CC(C)C2(c2nc3ccccc3s2)[Si](OCC)(OCC)OCC)=C(C)C=CC1C. The predicted octanol–water partition coefficient (Wildman–Crippen LogP) is 12.2. The molecule has 2 aliphatic carbocycles. The van der Waals surface area contributed by atoms with Crippen molar-refractivity contribution in [3.8, 4) is 0 Å². The number of fused-ring (bicyclic) bond motifs is 2.